The molecule has 0 aliphatic rings. The van der Waals surface area contributed by atoms with Crippen molar-refractivity contribution in [1.82, 2.24) is 0 Å². The summed E-state index contributed by atoms with van der Waals surface area (Å²) in [7, 11) is 0. The molecule has 0 spiro atoms. The summed E-state index contributed by atoms with van der Waals surface area (Å²) in [5.41, 5.74) is 1.18. The molecule has 0 saturated heterocycles. The minimum Gasteiger partial charge on any atom is -0.507 e. The van der Waals surface area contributed by atoms with Gasteiger partial charge < -0.3 is 5.11 Å². The quantitative estimate of drug-likeness (QED) is 0.737. The summed E-state index contributed by atoms with van der Waals surface area (Å²) in [4.78, 5) is 0. The van der Waals surface area contributed by atoms with Gasteiger partial charge in [0, 0.05) is 5.39 Å². The molecule has 0 radical (unpaired) electrons. The average Bonchev–Trinajstić information content (AvgIpc) is 2.31. The summed E-state index contributed by atoms with van der Waals surface area (Å²) >= 11 is 0. The van der Waals surface area contributed by atoms with Crippen LogP contribution in [0.4, 0.5) is 0 Å². The maximum absolute atomic E-state index is 9.68. The van der Waals surface area contributed by atoms with E-state index in [9.17, 15) is 5.11 Å². The summed E-state index contributed by atoms with van der Waals surface area (Å²) in [6.45, 7) is 6.09. The van der Waals surface area contributed by atoms with E-state index in [-0.39, 0.29) is 0 Å². The van der Waals surface area contributed by atoms with E-state index in [1.165, 1.54) is 5.56 Å². The highest BCUT2D eigenvalue weighted by Gasteiger charge is 2.00. The number of hydrogen-bond acceptors (Lipinski definition) is 1. The van der Waals surface area contributed by atoms with E-state index in [2.05, 4.69) is 13.0 Å². The van der Waals surface area contributed by atoms with Gasteiger partial charge in [-0.15, -0.1) is 0 Å². The monoisotopic (exact) mass is 202 g/mol. The third-order valence-electron chi connectivity index (χ3n) is 2.31. The van der Waals surface area contributed by atoms with Crippen LogP contribution in [0, 0.1) is 0 Å². The Morgan fingerprint density at radius 1 is 1.07 bits per heavy atom. The van der Waals surface area contributed by atoms with Gasteiger partial charge >= 0.3 is 0 Å². The minimum atomic E-state index is 0.384. The predicted molar refractivity (Wildman–Crippen MR) is 66.3 cm³/mol. The zero-order valence-electron chi connectivity index (χ0n) is 9.62. The van der Waals surface area contributed by atoms with Gasteiger partial charge in [-0.25, -0.2) is 0 Å². The Bertz CT molecular complexity index is 432. The Balaban J connectivity index is 0.000000531. The number of aryl methyl sites for hydroxylation is 1. The van der Waals surface area contributed by atoms with Crippen LogP contribution in [0.15, 0.2) is 36.4 Å². The van der Waals surface area contributed by atoms with E-state index in [0.29, 0.717) is 5.75 Å². The van der Waals surface area contributed by atoms with Crippen molar-refractivity contribution >= 4 is 10.8 Å². The second-order valence-corrected chi connectivity index (χ2v) is 3.19. The highest BCUT2D eigenvalue weighted by Crippen LogP contribution is 2.26. The molecular weight excluding hydrogens is 184 g/mol. The molecule has 2 aromatic rings. The van der Waals surface area contributed by atoms with Gasteiger partial charge in [-0.1, -0.05) is 51.1 Å². The van der Waals surface area contributed by atoms with Gasteiger partial charge in [0.1, 0.15) is 5.75 Å². The lowest BCUT2D eigenvalue weighted by Crippen LogP contribution is -1.81. The molecule has 2 rings (SSSR count). The normalized spacial score (nSPS) is 9.53. The molecule has 0 aliphatic heterocycles. The number of phenolic OH excluding ortho intramolecular Hbond substituents is 1. The molecule has 1 heteroatoms. The fourth-order valence-corrected chi connectivity index (χ4v) is 1.56. The van der Waals surface area contributed by atoms with Crippen molar-refractivity contribution in [2.45, 2.75) is 27.2 Å². The SMILES string of the molecule is CC.CCc1cc(O)c2ccccc2c1. The lowest BCUT2D eigenvalue weighted by Gasteiger charge is -2.03. The summed E-state index contributed by atoms with van der Waals surface area (Å²) in [5, 5.41) is 11.7. The zero-order valence-corrected chi connectivity index (χ0v) is 9.62. The first-order valence-electron chi connectivity index (χ1n) is 5.52. The van der Waals surface area contributed by atoms with Crippen molar-refractivity contribution < 1.29 is 5.11 Å². The Morgan fingerprint density at radius 3 is 2.40 bits per heavy atom. The lowest BCUT2D eigenvalue weighted by atomic mass is 10.0. The van der Waals surface area contributed by atoms with Crippen molar-refractivity contribution in [2.75, 3.05) is 0 Å². The van der Waals surface area contributed by atoms with Crippen molar-refractivity contribution in [3.8, 4) is 5.75 Å². The van der Waals surface area contributed by atoms with Gasteiger partial charge in [-0.2, -0.15) is 0 Å². The smallest absolute Gasteiger partial charge is 0.123 e. The third-order valence-corrected chi connectivity index (χ3v) is 2.31. The average molecular weight is 202 g/mol. The van der Waals surface area contributed by atoms with Crippen LogP contribution in [0.2, 0.25) is 0 Å². The molecule has 0 bridgehead atoms. The standard InChI is InChI=1S/C12H12O.C2H6/c1-2-9-7-10-5-3-4-6-11(10)12(13)8-9;1-2/h3-8,13H,2H2,1H3;1-2H3. The summed E-state index contributed by atoms with van der Waals surface area (Å²) in [6.07, 6.45) is 0.957. The van der Waals surface area contributed by atoms with Crippen LogP contribution in [0.1, 0.15) is 26.3 Å². The van der Waals surface area contributed by atoms with Crippen LogP contribution >= 0.6 is 0 Å². The second-order valence-electron chi connectivity index (χ2n) is 3.19. The molecule has 0 saturated carbocycles. The minimum absolute atomic E-state index is 0.384. The van der Waals surface area contributed by atoms with Crippen LogP contribution < -0.4 is 0 Å². The highest BCUT2D eigenvalue weighted by atomic mass is 16.3. The molecule has 80 valence electrons. The van der Waals surface area contributed by atoms with Crippen LogP contribution in [-0.4, -0.2) is 5.11 Å². The first-order valence-corrected chi connectivity index (χ1v) is 5.52. The fourth-order valence-electron chi connectivity index (χ4n) is 1.56. The van der Waals surface area contributed by atoms with Crippen molar-refractivity contribution in [1.29, 1.82) is 0 Å². The molecule has 0 heterocycles. The Morgan fingerprint density at radius 2 is 1.73 bits per heavy atom. The molecule has 15 heavy (non-hydrogen) atoms. The molecule has 0 unspecified atom stereocenters. The van der Waals surface area contributed by atoms with Crippen molar-refractivity contribution in [3.63, 3.8) is 0 Å². The highest BCUT2D eigenvalue weighted by molar-refractivity contribution is 5.88. The lowest BCUT2D eigenvalue weighted by molar-refractivity contribution is 0.481. The van der Waals surface area contributed by atoms with E-state index in [1.54, 1.807) is 0 Å². The molecule has 0 amide bonds. The Hall–Kier alpha value is -1.50. The van der Waals surface area contributed by atoms with Crippen LogP contribution in [0.3, 0.4) is 0 Å². The van der Waals surface area contributed by atoms with E-state index < -0.39 is 0 Å². The van der Waals surface area contributed by atoms with E-state index in [1.807, 2.05) is 44.2 Å². The number of rotatable bonds is 1. The molecule has 0 fully saturated rings. The van der Waals surface area contributed by atoms with Gasteiger partial charge in [0.2, 0.25) is 0 Å². The number of aromatic hydroxyl groups is 1. The van der Waals surface area contributed by atoms with Crippen molar-refractivity contribution in [2.24, 2.45) is 0 Å². The van der Waals surface area contributed by atoms with Crippen molar-refractivity contribution in [3.05, 3.63) is 42.0 Å². The van der Waals surface area contributed by atoms with Gasteiger partial charge in [0.05, 0.1) is 0 Å². The predicted octanol–water partition coefficient (Wildman–Crippen LogP) is 4.13. The van der Waals surface area contributed by atoms with Gasteiger partial charge in [-0.3, -0.25) is 0 Å². The number of benzene rings is 2. The van der Waals surface area contributed by atoms with E-state index >= 15 is 0 Å². The molecule has 1 nitrogen and oxygen atoms in total. The number of hydrogen-bond donors (Lipinski definition) is 1. The fraction of sp³-hybridized carbons (Fsp3) is 0.286. The summed E-state index contributed by atoms with van der Waals surface area (Å²) in [5.74, 6) is 0.384. The Labute approximate surface area is 91.4 Å². The largest absolute Gasteiger partial charge is 0.507 e. The molecular formula is C14H18O. The maximum atomic E-state index is 9.68. The van der Waals surface area contributed by atoms with Gasteiger partial charge in [0.25, 0.3) is 0 Å². The second kappa shape index (κ2) is 5.40. The molecule has 1 N–H and O–H groups in total. The third kappa shape index (κ3) is 2.50. The molecule has 0 atom stereocenters. The molecule has 2 aromatic carbocycles. The topological polar surface area (TPSA) is 20.2 Å². The maximum Gasteiger partial charge on any atom is 0.123 e. The van der Waals surface area contributed by atoms with E-state index in [0.717, 1.165) is 17.2 Å². The zero-order chi connectivity index (χ0) is 11.3. The van der Waals surface area contributed by atoms with Crippen LogP contribution in [0.5, 0.6) is 5.75 Å². The Kier molecular flexibility index (Phi) is 4.17. The first kappa shape index (κ1) is 11.6. The van der Waals surface area contributed by atoms with Gasteiger partial charge in [0.15, 0.2) is 0 Å². The molecule has 0 aromatic heterocycles. The van der Waals surface area contributed by atoms with Gasteiger partial charge in [-0.05, 0) is 23.4 Å². The van der Waals surface area contributed by atoms with Crippen LogP contribution in [0.25, 0.3) is 10.8 Å². The van der Waals surface area contributed by atoms with E-state index in [4.69, 9.17) is 0 Å². The number of fused-ring (bicyclic) bond motifs is 1. The first-order chi connectivity index (χ1) is 7.31. The number of phenols is 1. The summed E-state index contributed by atoms with van der Waals surface area (Å²) < 4.78 is 0. The van der Waals surface area contributed by atoms with Crippen LogP contribution in [-0.2, 0) is 6.42 Å². The summed E-state index contributed by atoms with van der Waals surface area (Å²) in [6, 6.07) is 11.8. The molecule has 0 aliphatic carbocycles.